The summed E-state index contributed by atoms with van der Waals surface area (Å²) < 4.78 is 0. The van der Waals surface area contributed by atoms with Crippen LogP contribution >= 0.6 is 0 Å². The zero-order valence-electron chi connectivity index (χ0n) is 7.88. The van der Waals surface area contributed by atoms with Crippen molar-refractivity contribution in [3.63, 3.8) is 0 Å². The van der Waals surface area contributed by atoms with Gasteiger partial charge in [-0.3, -0.25) is 9.97 Å². The van der Waals surface area contributed by atoms with Crippen LogP contribution in [0.1, 0.15) is 11.4 Å². The van der Waals surface area contributed by atoms with Gasteiger partial charge in [-0.2, -0.15) is 0 Å². The normalized spacial score (nSPS) is 6.62. The number of rotatable bonds is 0. The van der Waals surface area contributed by atoms with E-state index in [1.165, 1.54) is 0 Å². The van der Waals surface area contributed by atoms with Crippen LogP contribution in [0, 0.1) is 13.8 Å². The second-order valence-corrected chi connectivity index (χ2v) is 2.30. The molecule has 0 saturated heterocycles. The predicted octanol–water partition coefficient (Wildman–Crippen LogP) is -4.47. The number of hydrogen-bond donors (Lipinski definition) is 0. The summed E-state index contributed by atoms with van der Waals surface area (Å²) in [6, 6.07) is 1.90. The Morgan fingerprint density at radius 1 is 1.00 bits per heavy atom. The Hall–Kier alpha value is 0.180. The molecule has 0 amide bonds. The molecule has 13 heavy (non-hydrogen) atoms. The average molecular weight is 216 g/mol. The van der Waals surface area contributed by atoms with Crippen molar-refractivity contribution in [3.05, 3.63) is 17.5 Å². The molecule has 1 rings (SSSR count). The van der Waals surface area contributed by atoms with E-state index in [9.17, 15) is 0 Å². The Morgan fingerprint density at radius 3 is 1.54 bits per heavy atom. The van der Waals surface area contributed by atoms with Crippen LogP contribution < -0.4 is 29.6 Å². The molecule has 0 aliphatic rings. The predicted molar refractivity (Wildman–Crippen MR) is 48.0 cm³/mol. The van der Waals surface area contributed by atoms with Crippen LogP contribution in [-0.4, -0.2) is 26.4 Å². The van der Waals surface area contributed by atoms with Crippen LogP contribution in [-0.2, 0) is 12.6 Å². The van der Waals surface area contributed by atoms with E-state index in [2.05, 4.69) is 9.97 Å². The molecule has 1 aromatic rings. The van der Waals surface area contributed by atoms with Crippen molar-refractivity contribution < 1.29 is 46.0 Å². The molecule has 6 N–H and O–H groups in total. The van der Waals surface area contributed by atoms with E-state index in [-0.39, 0.29) is 46.0 Å². The van der Waals surface area contributed by atoms with Gasteiger partial charge in [0, 0.05) is 16.5 Å². The molecule has 1 aromatic heterocycles. The minimum absolute atomic E-state index is 0. The van der Waals surface area contributed by atoms with Crippen molar-refractivity contribution in [2.24, 2.45) is 0 Å². The molecule has 0 saturated carbocycles. The van der Waals surface area contributed by atoms with Crippen LogP contribution in [0.15, 0.2) is 11.2 Å². The first-order chi connectivity index (χ1) is 4.18. The minimum Gasteiger partial charge on any atom is -0.740 e. The Kier molecular flexibility index (Phi) is 18.3. The van der Waals surface area contributed by atoms with Crippen molar-refractivity contribution in [1.82, 2.24) is 9.97 Å². The second kappa shape index (κ2) is 10.3. The van der Waals surface area contributed by atoms with Crippen LogP contribution in [0.2, 0.25) is 0 Å². The summed E-state index contributed by atoms with van der Waals surface area (Å²) >= 11 is 4.76. The molecule has 1 heterocycles. The Balaban J connectivity index is -0.000000101. The maximum atomic E-state index is 4.76. The third-order valence-electron chi connectivity index (χ3n) is 0.962. The van der Waals surface area contributed by atoms with Crippen LogP contribution in [0.3, 0.4) is 0 Å². The topological polar surface area (TPSA) is 120 Å². The summed E-state index contributed by atoms with van der Waals surface area (Å²) in [5, 5.41) is 0.438. The first-order valence-electron chi connectivity index (χ1n) is 2.68. The van der Waals surface area contributed by atoms with E-state index < -0.39 is 0 Å². The average Bonchev–Trinajstić information content (AvgIpc) is 1.59. The number of aryl methyl sites for hydroxylation is 2. The first-order valence-corrected chi connectivity index (χ1v) is 3.08. The fourth-order valence-corrected chi connectivity index (χ4v) is 0.982. The van der Waals surface area contributed by atoms with Crippen LogP contribution in [0.4, 0.5) is 0 Å². The van der Waals surface area contributed by atoms with Crippen molar-refractivity contribution in [2.75, 3.05) is 0 Å². The van der Waals surface area contributed by atoms with Crippen LogP contribution in [0.5, 0.6) is 0 Å². The number of aromatic nitrogens is 2. The summed E-state index contributed by atoms with van der Waals surface area (Å²) in [6.45, 7) is 3.81. The van der Waals surface area contributed by atoms with Crippen molar-refractivity contribution in [3.8, 4) is 0 Å². The summed E-state index contributed by atoms with van der Waals surface area (Å²) in [5.74, 6) is 0. The SMILES string of the molecule is Cc1cc(C)nc([S-])n1.O.O.O.[Na+]. The monoisotopic (exact) mass is 216 g/mol. The van der Waals surface area contributed by atoms with E-state index in [0.717, 1.165) is 11.4 Å². The molecule has 0 unspecified atom stereocenters. The van der Waals surface area contributed by atoms with Gasteiger partial charge in [0.2, 0.25) is 0 Å². The maximum absolute atomic E-state index is 4.76. The summed E-state index contributed by atoms with van der Waals surface area (Å²) in [7, 11) is 0. The Labute approximate surface area is 105 Å². The van der Waals surface area contributed by atoms with E-state index in [1.54, 1.807) is 0 Å². The fourth-order valence-electron chi connectivity index (χ4n) is 0.694. The van der Waals surface area contributed by atoms with Crippen molar-refractivity contribution >= 4 is 12.6 Å². The maximum Gasteiger partial charge on any atom is 1.00 e. The Bertz CT molecular complexity index is 187. The van der Waals surface area contributed by atoms with Crippen LogP contribution in [0.25, 0.3) is 0 Å². The zero-order chi connectivity index (χ0) is 6.85. The van der Waals surface area contributed by atoms with E-state index in [4.69, 9.17) is 12.6 Å². The summed E-state index contributed by atoms with van der Waals surface area (Å²) in [4.78, 5) is 7.88. The summed E-state index contributed by atoms with van der Waals surface area (Å²) in [6.07, 6.45) is 0. The molecular formula is C6H13N2NaO3S. The molecular weight excluding hydrogens is 203 g/mol. The summed E-state index contributed by atoms with van der Waals surface area (Å²) in [5.41, 5.74) is 1.88. The van der Waals surface area contributed by atoms with Gasteiger partial charge >= 0.3 is 29.6 Å². The van der Waals surface area contributed by atoms with Gasteiger partial charge in [0.1, 0.15) is 0 Å². The standard InChI is InChI=1S/C6H8N2S.Na.3H2O/c1-4-3-5(2)8-6(9)7-4;;;;/h3H,1-2H3,(H,7,8,9);;3*1H2/q;+1;;;/p-1. The molecule has 0 aliphatic carbocycles. The van der Waals surface area contributed by atoms with E-state index >= 15 is 0 Å². The molecule has 0 aliphatic heterocycles. The quantitative estimate of drug-likeness (QED) is 0.247. The Morgan fingerprint density at radius 2 is 1.31 bits per heavy atom. The number of hydrogen-bond acceptors (Lipinski definition) is 3. The smallest absolute Gasteiger partial charge is 0.740 e. The van der Waals surface area contributed by atoms with Gasteiger partial charge < -0.3 is 29.1 Å². The third kappa shape index (κ3) is 8.51. The van der Waals surface area contributed by atoms with Crippen molar-refractivity contribution in [2.45, 2.75) is 19.0 Å². The van der Waals surface area contributed by atoms with E-state index in [1.807, 2.05) is 19.9 Å². The molecule has 7 heteroatoms. The zero-order valence-corrected chi connectivity index (χ0v) is 10.7. The first kappa shape index (κ1) is 23.2. The van der Waals surface area contributed by atoms with E-state index in [0.29, 0.717) is 5.16 Å². The minimum atomic E-state index is 0. The molecule has 5 nitrogen and oxygen atoms in total. The van der Waals surface area contributed by atoms with Gasteiger partial charge in [-0.25, -0.2) is 0 Å². The molecule has 72 valence electrons. The van der Waals surface area contributed by atoms with Gasteiger partial charge in [-0.1, -0.05) is 0 Å². The molecule has 0 radical (unpaired) electrons. The third-order valence-corrected chi connectivity index (χ3v) is 1.14. The van der Waals surface area contributed by atoms with Crippen molar-refractivity contribution in [1.29, 1.82) is 0 Å². The fraction of sp³-hybridized carbons (Fsp3) is 0.333. The van der Waals surface area contributed by atoms with Gasteiger partial charge in [0.25, 0.3) is 0 Å². The molecule has 0 aromatic carbocycles. The van der Waals surface area contributed by atoms with Gasteiger partial charge in [0.05, 0.1) is 0 Å². The molecule has 0 fully saturated rings. The molecule has 0 atom stereocenters. The van der Waals surface area contributed by atoms with Gasteiger partial charge in [-0.15, -0.1) is 0 Å². The largest absolute Gasteiger partial charge is 1.00 e. The molecule has 0 bridgehead atoms. The van der Waals surface area contributed by atoms with Gasteiger partial charge in [0.15, 0.2) is 0 Å². The molecule has 0 spiro atoms. The number of nitrogens with zero attached hydrogens (tertiary/aromatic N) is 2. The second-order valence-electron chi connectivity index (χ2n) is 1.93. The van der Waals surface area contributed by atoms with Gasteiger partial charge in [-0.05, 0) is 19.9 Å².